The average molecular weight is 339 g/mol. The van der Waals surface area contributed by atoms with Crippen LogP contribution in [0.4, 0.5) is 0 Å². The van der Waals surface area contributed by atoms with E-state index in [-0.39, 0.29) is 0 Å². The van der Waals surface area contributed by atoms with Crippen molar-refractivity contribution in [3.63, 3.8) is 0 Å². The average Bonchev–Trinajstić information content (AvgIpc) is 2.47. The van der Waals surface area contributed by atoms with Gasteiger partial charge in [0.25, 0.3) is 0 Å². The van der Waals surface area contributed by atoms with Gasteiger partial charge in [0.05, 0.1) is 0 Å². The van der Waals surface area contributed by atoms with Gasteiger partial charge in [-0.25, -0.2) is 0 Å². The Morgan fingerprint density at radius 3 is 2.65 bits per heavy atom. The summed E-state index contributed by atoms with van der Waals surface area (Å²) in [5.74, 6) is 0.867. The third-order valence-electron chi connectivity index (χ3n) is 4.39. The van der Waals surface area contributed by atoms with E-state index in [1.807, 2.05) is 0 Å². The maximum atomic E-state index is 3.59. The van der Waals surface area contributed by atoms with E-state index in [1.54, 1.807) is 0 Å². The lowest BCUT2D eigenvalue weighted by Crippen LogP contribution is -2.39. The molecule has 1 heterocycles. The summed E-state index contributed by atoms with van der Waals surface area (Å²) in [6.45, 7) is 9.25. The zero-order valence-corrected chi connectivity index (χ0v) is 14.3. The van der Waals surface area contributed by atoms with Crippen LogP contribution in [-0.4, -0.2) is 31.1 Å². The van der Waals surface area contributed by atoms with Gasteiger partial charge in [-0.3, -0.25) is 4.90 Å². The van der Waals surface area contributed by atoms with Gasteiger partial charge in [-0.05, 0) is 69.1 Å². The Morgan fingerprint density at radius 1 is 1.30 bits per heavy atom. The molecule has 2 rings (SSSR count). The zero-order valence-electron chi connectivity index (χ0n) is 12.7. The first-order chi connectivity index (χ1) is 9.74. The number of halogens is 1. The number of hydrogen-bond donors (Lipinski definition) is 1. The van der Waals surface area contributed by atoms with Crippen molar-refractivity contribution in [2.24, 2.45) is 5.92 Å². The first-order valence-electron chi connectivity index (χ1n) is 7.94. The van der Waals surface area contributed by atoms with Gasteiger partial charge in [0.1, 0.15) is 0 Å². The minimum atomic E-state index is 0.576. The molecule has 112 valence electrons. The molecule has 0 radical (unpaired) electrons. The van der Waals surface area contributed by atoms with Crippen molar-refractivity contribution < 1.29 is 0 Å². The molecule has 20 heavy (non-hydrogen) atoms. The highest BCUT2D eigenvalue weighted by atomic mass is 79.9. The van der Waals surface area contributed by atoms with Crippen LogP contribution in [-0.2, 0) is 0 Å². The van der Waals surface area contributed by atoms with E-state index in [1.165, 1.54) is 48.9 Å². The van der Waals surface area contributed by atoms with Crippen LogP contribution in [0.25, 0.3) is 0 Å². The Labute approximate surface area is 132 Å². The van der Waals surface area contributed by atoms with Crippen LogP contribution in [0, 0.1) is 5.92 Å². The van der Waals surface area contributed by atoms with Crippen LogP contribution >= 0.6 is 15.9 Å². The van der Waals surface area contributed by atoms with E-state index < -0.39 is 0 Å². The molecule has 1 aromatic rings. The highest BCUT2D eigenvalue weighted by Crippen LogP contribution is 2.30. The molecule has 0 saturated carbocycles. The lowest BCUT2D eigenvalue weighted by molar-refractivity contribution is 0.128. The molecule has 1 saturated heterocycles. The topological polar surface area (TPSA) is 15.3 Å². The fourth-order valence-corrected chi connectivity index (χ4v) is 3.65. The number of nitrogens with zero attached hydrogens (tertiary/aromatic N) is 1. The van der Waals surface area contributed by atoms with E-state index >= 15 is 0 Å². The zero-order chi connectivity index (χ0) is 14.4. The Bertz CT molecular complexity index is 400. The Kier molecular flexibility index (Phi) is 6.53. The predicted molar refractivity (Wildman–Crippen MR) is 90.0 cm³/mol. The fraction of sp³-hybridized carbons (Fsp3) is 0.647. The largest absolute Gasteiger partial charge is 0.317 e. The van der Waals surface area contributed by atoms with Crippen molar-refractivity contribution in [2.45, 2.75) is 39.2 Å². The fourth-order valence-electron chi connectivity index (χ4n) is 3.24. The van der Waals surface area contributed by atoms with Gasteiger partial charge in [-0.15, -0.1) is 0 Å². The number of likely N-dealkylation sites (tertiary alicyclic amines) is 1. The molecule has 1 aliphatic rings. The summed E-state index contributed by atoms with van der Waals surface area (Å²) >= 11 is 3.59. The molecule has 1 aliphatic heterocycles. The Balaban J connectivity index is 1.93. The quantitative estimate of drug-likeness (QED) is 0.835. The Morgan fingerprint density at radius 2 is 2.05 bits per heavy atom. The van der Waals surface area contributed by atoms with E-state index in [0.29, 0.717) is 6.04 Å². The van der Waals surface area contributed by atoms with Gasteiger partial charge in [-0.2, -0.15) is 0 Å². The van der Waals surface area contributed by atoms with Crippen molar-refractivity contribution >= 4 is 15.9 Å². The summed E-state index contributed by atoms with van der Waals surface area (Å²) < 4.78 is 1.19. The molecule has 3 heteroatoms. The van der Waals surface area contributed by atoms with Crippen molar-refractivity contribution in [1.29, 1.82) is 0 Å². The lowest BCUT2D eigenvalue weighted by atomic mass is 9.93. The van der Waals surface area contributed by atoms with Crippen molar-refractivity contribution in [2.75, 3.05) is 26.2 Å². The summed E-state index contributed by atoms with van der Waals surface area (Å²) in [7, 11) is 0. The minimum Gasteiger partial charge on any atom is -0.317 e. The summed E-state index contributed by atoms with van der Waals surface area (Å²) in [4.78, 5) is 2.67. The second-order valence-corrected chi connectivity index (χ2v) is 6.68. The van der Waals surface area contributed by atoms with Gasteiger partial charge < -0.3 is 5.32 Å². The van der Waals surface area contributed by atoms with E-state index in [4.69, 9.17) is 0 Å². The monoisotopic (exact) mass is 338 g/mol. The molecule has 1 fully saturated rings. The van der Waals surface area contributed by atoms with Crippen molar-refractivity contribution in [3.05, 3.63) is 34.3 Å². The Hall–Kier alpha value is -0.380. The maximum absolute atomic E-state index is 3.59. The third-order valence-corrected chi connectivity index (χ3v) is 4.89. The molecule has 0 aliphatic carbocycles. The molecule has 0 spiro atoms. The molecule has 1 unspecified atom stereocenters. The first-order valence-corrected chi connectivity index (χ1v) is 8.74. The molecule has 0 amide bonds. The third kappa shape index (κ3) is 4.31. The van der Waals surface area contributed by atoms with Gasteiger partial charge in [0.2, 0.25) is 0 Å². The summed E-state index contributed by atoms with van der Waals surface area (Å²) in [5.41, 5.74) is 1.45. The molecule has 2 nitrogen and oxygen atoms in total. The highest BCUT2D eigenvalue weighted by Gasteiger charge is 2.24. The van der Waals surface area contributed by atoms with Gasteiger partial charge in [0, 0.05) is 10.5 Å². The number of nitrogens with one attached hydrogen (secondary N) is 1. The first kappa shape index (κ1) is 16.0. The SMILES string of the molecule is CCNCC1CCN(C(CC)c2cccc(Br)c2)CC1. The number of hydrogen-bond acceptors (Lipinski definition) is 2. The molecule has 1 N–H and O–H groups in total. The lowest BCUT2D eigenvalue weighted by Gasteiger charge is -2.37. The number of piperidine rings is 1. The molecular weight excluding hydrogens is 312 g/mol. The molecule has 0 aromatic heterocycles. The predicted octanol–water partition coefficient (Wildman–Crippen LogP) is 4.22. The molecule has 1 atom stereocenters. The van der Waals surface area contributed by atoms with Gasteiger partial charge >= 0.3 is 0 Å². The van der Waals surface area contributed by atoms with Crippen LogP contribution in [0.2, 0.25) is 0 Å². The van der Waals surface area contributed by atoms with Gasteiger partial charge in [0.15, 0.2) is 0 Å². The van der Waals surface area contributed by atoms with Crippen LogP contribution in [0.5, 0.6) is 0 Å². The molecule has 0 bridgehead atoms. The van der Waals surface area contributed by atoms with Crippen LogP contribution in [0.3, 0.4) is 0 Å². The summed E-state index contributed by atoms with van der Waals surface area (Å²) in [5, 5.41) is 3.49. The van der Waals surface area contributed by atoms with Crippen LogP contribution in [0.15, 0.2) is 28.7 Å². The van der Waals surface area contributed by atoms with Gasteiger partial charge in [-0.1, -0.05) is 41.9 Å². The number of rotatable bonds is 6. The van der Waals surface area contributed by atoms with E-state index in [9.17, 15) is 0 Å². The minimum absolute atomic E-state index is 0.576. The van der Waals surface area contributed by atoms with E-state index in [2.05, 4.69) is 64.3 Å². The normalized spacial score (nSPS) is 19.1. The van der Waals surface area contributed by atoms with Crippen LogP contribution < -0.4 is 5.32 Å². The van der Waals surface area contributed by atoms with Crippen molar-refractivity contribution in [3.8, 4) is 0 Å². The molecular formula is C17H27BrN2. The molecule has 1 aromatic carbocycles. The second-order valence-electron chi connectivity index (χ2n) is 5.77. The van der Waals surface area contributed by atoms with Crippen molar-refractivity contribution in [1.82, 2.24) is 10.2 Å². The standard InChI is InChI=1S/C17H27BrN2/c1-3-17(15-6-5-7-16(18)12-15)20-10-8-14(9-11-20)13-19-4-2/h5-7,12,14,17,19H,3-4,8-11,13H2,1-2H3. The highest BCUT2D eigenvalue weighted by molar-refractivity contribution is 9.10. The van der Waals surface area contributed by atoms with E-state index in [0.717, 1.165) is 12.5 Å². The number of benzene rings is 1. The van der Waals surface area contributed by atoms with Crippen LogP contribution in [0.1, 0.15) is 44.7 Å². The maximum Gasteiger partial charge on any atom is 0.0345 e. The smallest absolute Gasteiger partial charge is 0.0345 e. The summed E-state index contributed by atoms with van der Waals surface area (Å²) in [6.07, 6.45) is 3.85. The second kappa shape index (κ2) is 8.16. The summed E-state index contributed by atoms with van der Waals surface area (Å²) in [6, 6.07) is 9.38.